The van der Waals surface area contributed by atoms with E-state index in [2.05, 4.69) is 0 Å². The van der Waals surface area contributed by atoms with E-state index in [1.165, 1.54) is 6.92 Å². The van der Waals surface area contributed by atoms with Crippen molar-refractivity contribution in [1.29, 1.82) is 0 Å². The quantitative estimate of drug-likeness (QED) is 0.152. The van der Waals surface area contributed by atoms with Gasteiger partial charge in [0.1, 0.15) is 12.7 Å². The van der Waals surface area contributed by atoms with Gasteiger partial charge in [0.25, 0.3) is 0 Å². The van der Waals surface area contributed by atoms with Gasteiger partial charge in [0.2, 0.25) is 5.91 Å². The highest BCUT2D eigenvalue weighted by Gasteiger charge is 2.43. The third-order valence-corrected chi connectivity index (χ3v) is 6.91. The zero-order chi connectivity index (χ0) is 31.9. The molecule has 2 aromatic carbocycles. The molecule has 44 heavy (non-hydrogen) atoms. The summed E-state index contributed by atoms with van der Waals surface area (Å²) in [6, 6.07) is 18.2. The van der Waals surface area contributed by atoms with Crippen LogP contribution in [0.4, 0.5) is 4.79 Å². The summed E-state index contributed by atoms with van der Waals surface area (Å²) >= 11 is 0. The lowest BCUT2D eigenvalue weighted by Gasteiger charge is -2.26. The number of hydrogen-bond donors (Lipinski definition) is 1. The molecule has 0 aliphatic carbocycles. The summed E-state index contributed by atoms with van der Waals surface area (Å²) < 4.78 is 21.5. The third-order valence-electron chi connectivity index (χ3n) is 6.91. The van der Waals surface area contributed by atoms with E-state index < -0.39 is 47.9 Å². The predicted molar refractivity (Wildman–Crippen MR) is 158 cm³/mol. The van der Waals surface area contributed by atoms with Gasteiger partial charge in [0.05, 0.1) is 31.8 Å². The van der Waals surface area contributed by atoms with E-state index in [-0.39, 0.29) is 38.6 Å². The highest BCUT2D eigenvalue weighted by molar-refractivity contribution is 6.04. The molecule has 0 unspecified atom stereocenters. The number of carbonyl (C=O) groups is 5. The van der Waals surface area contributed by atoms with Crippen LogP contribution in [0.2, 0.25) is 0 Å². The van der Waals surface area contributed by atoms with Crippen molar-refractivity contribution >= 4 is 29.5 Å². The molecule has 2 amide bonds. The molecule has 2 aromatic rings. The third kappa shape index (κ3) is 10.8. The van der Waals surface area contributed by atoms with Gasteiger partial charge in [-0.15, -0.1) is 0 Å². The Labute approximate surface area is 256 Å². The minimum atomic E-state index is -1.54. The first kappa shape index (κ1) is 34.3. The summed E-state index contributed by atoms with van der Waals surface area (Å²) in [5, 5.41) is 9.51. The number of aliphatic hydroxyl groups excluding tert-OH is 1. The monoisotopic (exact) mass is 609 g/mol. The van der Waals surface area contributed by atoms with Crippen LogP contribution < -0.4 is 0 Å². The highest BCUT2D eigenvalue weighted by Crippen LogP contribution is 2.23. The summed E-state index contributed by atoms with van der Waals surface area (Å²) in [5.74, 6) is -3.86. The van der Waals surface area contributed by atoms with Crippen LogP contribution in [0.5, 0.6) is 0 Å². The molecule has 1 saturated heterocycles. The van der Waals surface area contributed by atoms with Crippen LogP contribution in [-0.2, 0) is 51.2 Å². The molecule has 0 saturated carbocycles. The number of ketones is 2. The number of benzene rings is 2. The molecular formula is C33H39NO10. The minimum Gasteiger partial charge on any atom is -0.453 e. The summed E-state index contributed by atoms with van der Waals surface area (Å²) in [4.78, 5) is 63.9. The number of amides is 2. The molecule has 0 spiro atoms. The molecule has 1 fully saturated rings. The van der Waals surface area contributed by atoms with Crippen LogP contribution in [0.25, 0.3) is 0 Å². The molecule has 4 atom stereocenters. The van der Waals surface area contributed by atoms with Gasteiger partial charge < -0.3 is 24.1 Å². The van der Waals surface area contributed by atoms with E-state index in [9.17, 15) is 29.1 Å². The molecular weight excluding hydrogens is 570 g/mol. The van der Waals surface area contributed by atoms with Crippen LogP contribution in [0, 0.1) is 5.92 Å². The second kappa shape index (κ2) is 17.8. The van der Waals surface area contributed by atoms with Crippen LogP contribution in [0.1, 0.15) is 37.8 Å². The molecule has 236 valence electrons. The Balaban J connectivity index is 1.48. The van der Waals surface area contributed by atoms with Gasteiger partial charge in [-0.2, -0.15) is 0 Å². The number of nitrogens with zero attached hydrogens (tertiary/aromatic N) is 1. The topological polar surface area (TPSA) is 146 Å². The van der Waals surface area contributed by atoms with Crippen LogP contribution in [-0.4, -0.2) is 84.2 Å². The molecule has 1 heterocycles. The van der Waals surface area contributed by atoms with Gasteiger partial charge in [0, 0.05) is 20.0 Å². The van der Waals surface area contributed by atoms with E-state index >= 15 is 0 Å². The zero-order valence-electron chi connectivity index (χ0n) is 25.0. The number of hydrogen-bond acceptors (Lipinski definition) is 10. The van der Waals surface area contributed by atoms with Gasteiger partial charge in [-0.3, -0.25) is 19.2 Å². The maximum absolute atomic E-state index is 13.4. The second-order valence-corrected chi connectivity index (χ2v) is 10.4. The van der Waals surface area contributed by atoms with Crippen molar-refractivity contribution in [1.82, 2.24) is 4.90 Å². The fourth-order valence-corrected chi connectivity index (χ4v) is 4.56. The van der Waals surface area contributed by atoms with Crippen molar-refractivity contribution in [3.8, 4) is 0 Å². The van der Waals surface area contributed by atoms with E-state index in [0.717, 1.165) is 35.1 Å². The second-order valence-electron chi connectivity index (χ2n) is 10.4. The first-order chi connectivity index (χ1) is 21.2. The fraction of sp³-hybridized carbons (Fsp3) is 0.424. The van der Waals surface area contributed by atoms with E-state index in [0.29, 0.717) is 19.4 Å². The standard InChI is InChI=1S/C33H39NO10/c1-23(32(39)34-27(21-43-33(34)40)18-25-10-5-3-6-11-25)31(44-24(2)36)30(38)16-15-28(37)14-9-17-41-22-29(19-35)42-20-26-12-7-4-8-13-26/h3-8,10-13,15-16,23,27,29,31,35H,9,14,17-22H2,1-2H3/t23-,27-,29+,31-/m0/s1. The van der Waals surface area contributed by atoms with E-state index in [4.69, 9.17) is 18.9 Å². The average molecular weight is 610 g/mol. The molecule has 0 aromatic heterocycles. The number of cyclic esters (lactones) is 1. The number of rotatable bonds is 18. The SMILES string of the molecule is CC(=O)O[C@H](C(=O)C=CC(=O)CCCOC[C@@H](CO)OCc1ccccc1)[C@H](C)C(=O)N1C(=O)OC[C@@H]1Cc1ccccc1. The molecule has 1 aliphatic heterocycles. The smallest absolute Gasteiger partial charge is 0.416 e. The highest BCUT2D eigenvalue weighted by atomic mass is 16.6. The summed E-state index contributed by atoms with van der Waals surface area (Å²) in [7, 11) is 0. The average Bonchev–Trinajstić information content (AvgIpc) is 3.39. The summed E-state index contributed by atoms with van der Waals surface area (Å²) in [6.45, 7) is 2.99. The van der Waals surface area contributed by atoms with Gasteiger partial charge in [0.15, 0.2) is 17.7 Å². The molecule has 11 nitrogen and oxygen atoms in total. The molecule has 3 rings (SSSR count). The van der Waals surface area contributed by atoms with Crippen molar-refractivity contribution < 1.29 is 48.0 Å². The van der Waals surface area contributed by atoms with Gasteiger partial charge in [-0.1, -0.05) is 60.7 Å². The Hall–Kier alpha value is -4.19. The lowest BCUT2D eigenvalue weighted by atomic mass is 9.97. The van der Waals surface area contributed by atoms with Gasteiger partial charge >= 0.3 is 12.1 Å². The Bertz CT molecular complexity index is 1280. The Morgan fingerprint density at radius 3 is 2.32 bits per heavy atom. The molecule has 0 bridgehead atoms. The first-order valence-electron chi connectivity index (χ1n) is 14.5. The van der Waals surface area contributed by atoms with Gasteiger partial charge in [-0.05, 0) is 43.0 Å². The number of carbonyl (C=O) groups excluding carboxylic acids is 5. The van der Waals surface area contributed by atoms with E-state index in [1.807, 2.05) is 60.7 Å². The van der Waals surface area contributed by atoms with Crippen LogP contribution in [0.3, 0.4) is 0 Å². The zero-order valence-corrected chi connectivity index (χ0v) is 25.0. The fourth-order valence-electron chi connectivity index (χ4n) is 4.56. The van der Waals surface area contributed by atoms with Crippen LogP contribution >= 0.6 is 0 Å². The maximum Gasteiger partial charge on any atom is 0.416 e. The van der Waals surface area contributed by atoms with Crippen molar-refractivity contribution in [2.24, 2.45) is 5.92 Å². The normalized spacial score (nSPS) is 16.8. The molecule has 11 heteroatoms. The van der Waals surface area contributed by atoms with Crippen molar-refractivity contribution in [3.63, 3.8) is 0 Å². The Morgan fingerprint density at radius 1 is 1.02 bits per heavy atom. The molecule has 1 aliphatic rings. The Kier molecular flexibility index (Phi) is 13.9. The summed E-state index contributed by atoms with van der Waals surface area (Å²) in [6.07, 6.45) is -0.0509. The predicted octanol–water partition coefficient (Wildman–Crippen LogP) is 3.21. The Morgan fingerprint density at radius 2 is 1.68 bits per heavy atom. The maximum atomic E-state index is 13.4. The summed E-state index contributed by atoms with van der Waals surface area (Å²) in [5.41, 5.74) is 1.86. The lowest BCUT2D eigenvalue weighted by Crippen LogP contribution is -2.48. The molecule has 1 N–H and O–H groups in total. The number of aliphatic hydroxyl groups is 1. The number of ether oxygens (including phenoxy) is 4. The van der Waals surface area contributed by atoms with E-state index in [1.54, 1.807) is 0 Å². The first-order valence-corrected chi connectivity index (χ1v) is 14.5. The minimum absolute atomic E-state index is 0.00213. The van der Waals surface area contributed by atoms with Crippen molar-refractivity contribution in [2.45, 2.75) is 58.0 Å². The number of imide groups is 1. The van der Waals surface area contributed by atoms with Crippen molar-refractivity contribution in [2.75, 3.05) is 26.4 Å². The molecule has 0 radical (unpaired) electrons. The van der Waals surface area contributed by atoms with Gasteiger partial charge in [-0.25, -0.2) is 9.69 Å². The number of allylic oxidation sites excluding steroid dienone is 1. The lowest BCUT2D eigenvalue weighted by molar-refractivity contribution is -0.158. The van der Waals surface area contributed by atoms with Crippen molar-refractivity contribution in [3.05, 3.63) is 83.9 Å². The largest absolute Gasteiger partial charge is 0.453 e. The van der Waals surface area contributed by atoms with Crippen LogP contribution in [0.15, 0.2) is 72.8 Å². The number of esters is 1.